The van der Waals surface area contributed by atoms with Gasteiger partial charge in [-0.1, -0.05) is 6.42 Å². The molecule has 1 aliphatic rings. The number of hydrogen-bond donors (Lipinski definition) is 1. The van der Waals surface area contributed by atoms with Crippen molar-refractivity contribution in [3.05, 3.63) is 17.5 Å². The van der Waals surface area contributed by atoms with E-state index in [1.807, 2.05) is 6.07 Å². The molecule has 1 saturated heterocycles. The van der Waals surface area contributed by atoms with Gasteiger partial charge < -0.3 is 4.90 Å². The van der Waals surface area contributed by atoms with Crippen molar-refractivity contribution in [2.24, 2.45) is 0 Å². The maximum Gasteiger partial charge on any atom is 0.179 e. The SMILES string of the molecule is CC(=O)c1cc(CC2CCCCN2C)[nH]n1. The van der Waals surface area contributed by atoms with Crippen molar-refractivity contribution in [3.63, 3.8) is 0 Å². The molecule has 0 saturated carbocycles. The fraction of sp³-hybridized carbons (Fsp3) is 0.667. The number of aromatic nitrogens is 2. The predicted molar refractivity (Wildman–Crippen MR) is 62.6 cm³/mol. The number of H-pyrrole nitrogens is 1. The summed E-state index contributed by atoms with van der Waals surface area (Å²) < 4.78 is 0. The normalized spacial score (nSPS) is 22.2. The van der Waals surface area contributed by atoms with Crippen LogP contribution in [0.4, 0.5) is 0 Å². The molecule has 0 spiro atoms. The molecule has 1 fully saturated rings. The average molecular weight is 221 g/mol. The molecule has 2 heterocycles. The van der Waals surface area contributed by atoms with Crippen LogP contribution in [0.2, 0.25) is 0 Å². The molecule has 1 aromatic rings. The van der Waals surface area contributed by atoms with Gasteiger partial charge in [-0.3, -0.25) is 9.89 Å². The molecule has 1 N–H and O–H groups in total. The summed E-state index contributed by atoms with van der Waals surface area (Å²) in [5, 5.41) is 6.97. The summed E-state index contributed by atoms with van der Waals surface area (Å²) in [7, 11) is 2.17. The van der Waals surface area contributed by atoms with Crippen molar-refractivity contribution in [2.75, 3.05) is 13.6 Å². The Hall–Kier alpha value is -1.16. The van der Waals surface area contributed by atoms with Crippen molar-refractivity contribution in [2.45, 2.75) is 38.6 Å². The summed E-state index contributed by atoms with van der Waals surface area (Å²) in [5.41, 5.74) is 1.62. The highest BCUT2D eigenvalue weighted by Crippen LogP contribution is 2.18. The van der Waals surface area contributed by atoms with Crippen LogP contribution in [0, 0.1) is 0 Å². The number of likely N-dealkylation sites (N-methyl/N-ethyl adjacent to an activating group) is 1. The fourth-order valence-corrected chi connectivity index (χ4v) is 2.30. The molecule has 0 amide bonds. The van der Waals surface area contributed by atoms with Crippen LogP contribution in [0.25, 0.3) is 0 Å². The average Bonchev–Trinajstić information content (AvgIpc) is 2.70. The molecule has 0 radical (unpaired) electrons. The van der Waals surface area contributed by atoms with Crippen LogP contribution >= 0.6 is 0 Å². The first-order chi connectivity index (χ1) is 7.66. The molecule has 4 heteroatoms. The Morgan fingerprint density at radius 2 is 2.44 bits per heavy atom. The minimum absolute atomic E-state index is 0.0273. The summed E-state index contributed by atoms with van der Waals surface area (Å²) in [6, 6.07) is 2.47. The Morgan fingerprint density at radius 3 is 3.06 bits per heavy atom. The van der Waals surface area contributed by atoms with Crippen LogP contribution in [0.1, 0.15) is 42.4 Å². The summed E-state index contributed by atoms with van der Waals surface area (Å²) in [6.45, 7) is 2.73. The Bertz CT molecular complexity index is 372. The minimum atomic E-state index is 0.0273. The van der Waals surface area contributed by atoms with Crippen LogP contribution in [-0.4, -0.2) is 40.5 Å². The van der Waals surface area contributed by atoms with E-state index in [1.54, 1.807) is 6.92 Å². The number of carbonyl (C=O) groups is 1. The van der Waals surface area contributed by atoms with E-state index in [4.69, 9.17) is 0 Å². The molecule has 16 heavy (non-hydrogen) atoms. The second kappa shape index (κ2) is 4.78. The number of hydrogen-bond acceptors (Lipinski definition) is 3. The highest BCUT2D eigenvalue weighted by Gasteiger charge is 2.20. The number of aromatic amines is 1. The molecular formula is C12H19N3O. The molecule has 4 nitrogen and oxygen atoms in total. The Kier molecular flexibility index (Phi) is 3.39. The lowest BCUT2D eigenvalue weighted by molar-refractivity contribution is 0.101. The molecule has 1 aliphatic heterocycles. The van der Waals surface area contributed by atoms with Gasteiger partial charge in [0.05, 0.1) is 0 Å². The van der Waals surface area contributed by atoms with Gasteiger partial charge in [-0.05, 0) is 32.5 Å². The standard InChI is InChI=1S/C12H19N3O/c1-9(16)12-8-10(13-14-12)7-11-5-3-4-6-15(11)2/h8,11H,3-7H2,1-2H3,(H,13,14). The Balaban J connectivity index is 1.99. The topological polar surface area (TPSA) is 49.0 Å². The molecule has 1 aromatic heterocycles. The molecule has 1 atom stereocenters. The first-order valence-corrected chi connectivity index (χ1v) is 5.92. The van der Waals surface area contributed by atoms with Gasteiger partial charge in [0, 0.05) is 25.1 Å². The van der Waals surface area contributed by atoms with Gasteiger partial charge in [-0.2, -0.15) is 5.10 Å². The molecule has 0 aliphatic carbocycles. The zero-order valence-electron chi connectivity index (χ0n) is 9.99. The largest absolute Gasteiger partial charge is 0.303 e. The van der Waals surface area contributed by atoms with Gasteiger partial charge in [0.1, 0.15) is 5.69 Å². The lowest BCUT2D eigenvalue weighted by Gasteiger charge is -2.32. The van der Waals surface area contributed by atoms with Crippen LogP contribution in [0.5, 0.6) is 0 Å². The molecule has 1 unspecified atom stereocenters. The molecule has 2 rings (SSSR count). The number of nitrogens with one attached hydrogen (secondary N) is 1. The minimum Gasteiger partial charge on any atom is -0.303 e. The van der Waals surface area contributed by atoms with E-state index < -0.39 is 0 Å². The van der Waals surface area contributed by atoms with E-state index in [0.29, 0.717) is 11.7 Å². The Morgan fingerprint density at radius 1 is 1.62 bits per heavy atom. The Labute approximate surface area is 96.0 Å². The summed E-state index contributed by atoms with van der Waals surface area (Å²) in [5.74, 6) is 0.0273. The lowest BCUT2D eigenvalue weighted by Crippen LogP contribution is -2.37. The fourth-order valence-electron chi connectivity index (χ4n) is 2.30. The molecule has 0 bridgehead atoms. The van der Waals surface area contributed by atoms with Crippen LogP contribution in [0.3, 0.4) is 0 Å². The van der Waals surface area contributed by atoms with Crippen LogP contribution in [-0.2, 0) is 6.42 Å². The monoisotopic (exact) mass is 221 g/mol. The highest BCUT2D eigenvalue weighted by molar-refractivity contribution is 5.92. The van der Waals surface area contributed by atoms with E-state index in [2.05, 4.69) is 22.1 Å². The third-order valence-electron chi connectivity index (χ3n) is 3.37. The van der Waals surface area contributed by atoms with Crippen molar-refractivity contribution in [1.29, 1.82) is 0 Å². The summed E-state index contributed by atoms with van der Waals surface area (Å²) in [6.07, 6.45) is 4.82. The van der Waals surface area contributed by atoms with E-state index in [9.17, 15) is 4.79 Å². The van der Waals surface area contributed by atoms with Gasteiger partial charge in [-0.25, -0.2) is 0 Å². The molecule has 88 valence electrons. The highest BCUT2D eigenvalue weighted by atomic mass is 16.1. The number of carbonyl (C=O) groups excluding carboxylic acids is 1. The lowest BCUT2D eigenvalue weighted by atomic mass is 9.98. The zero-order chi connectivity index (χ0) is 11.5. The van der Waals surface area contributed by atoms with Crippen molar-refractivity contribution in [3.8, 4) is 0 Å². The first-order valence-electron chi connectivity index (χ1n) is 5.92. The smallest absolute Gasteiger partial charge is 0.179 e. The molecular weight excluding hydrogens is 202 g/mol. The summed E-state index contributed by atoms with van der Waals surface area (Å²) >= 11 is 0. The van der Waals surface area contributed by atoms with E-state index in [-0.39, 0.29) is 5.78 Å². The molecule has 0 aromatic carbocycles. The van der Waals surface area contributed by atoms with Crippen LogP contribution in [0.15, 0.2) is 6.07 Å². The van der Waals surface area contributed by atoms with Gasteiger partial charge >= 0.3 is 0 Å². The van der Waals surface area contributed by atoms with E-state index in [1.165, 1.54) is 25.8 Å². The maximum absolute atomic E-state index is 11.1. The number of piperidine rings is 1. The second-order valence-corrected chi connectivity index (χ2v) is 4.67. The first kappa shape index (κ1) is 11.3. The van der Waals surface area contributed by atoms with Crippen molar-refractivity contribution < 1.29 is 4.79 Å². The van der Waals surface area contributed by atoms with Gasteiger partial charge in [0.15, 0.2) is 5.78 Å². The number of likely N-dealkylation sites (tertiary alicyclic amines) is 1. The predicted octanol–water partition coefficient (Wildman–Crippen LogP) is 1.64. The van der Waals surface area contributed by atoms with Crippen LogP contribution < -0.4 is 0 Å². The second-order valence-electron chi connectivity index (χ2n) is 4.67. The zero-order valence-corrected chi connectivity index (χ0v) is 9.99. The van der Waals surface area contributed by atoms with Crippen molar-refractivity contribution in [1.82, 2.24) is 15.1 Å². The van der Waals surface area contributed by atoms with Gasteiger partial charge in [0.25, 0.3) is 0 Å². The van der Waals surface area contributed by atoms with Gasteiger partial charge in [-0.15, -0.1) is 0 Å². The number of nitrogens with zero attached hydrogens (tertiary/aromatic N) is 2. The summed E-state index contributed by atoms with van der Waals surface area (Å²) in [4.78, 5) is 13.5. The number of ketones is 1. The quantitative estimate of drug-likeness (QED) is 0.789. The van der Waals surface area contributed by atoms with E-state index >= 15 is 0 Å². The number of rotatable bonds is 3. The van der Waals surface area contributed by atoms with E-state index in [0.717, 1.165) is 12.1 Å². The maximum atomic E-state index is 11.1. The van der Waals surface area contributed by atoms with Gasteiger partial charge in [0.2, 0.25) is 0 Å². The number of Topliss-reactive ketones (excluding diaryl/α,β-unsaturated/α-hetero) is 1. The van der Waals surface area contributed by atoms with Crippen molar-refractivity contribution >= 4 is 5.78 Å². The third kappa shape index (κ3) is 2.50. The third-order valence-corrected chi connectivity index (χ3v) is 3.37.